The van der Waals surface area contributed by atoms with Gasteiger partial charge in [0, 0.05) is 23.9 Å². The molecule has 3 saturated heterocycles. The molecule has 0 aromatic rings. The summed E-state index contributed by atoms with van der Waals surface area (Å²) >= 11 is 0. The maximum atomic E-state index is 11.5. The van der Waals surface area contributed by atoms with Crippen LogP contribution in [0.5, 0.6) is 0 Å². The predicted octanol–water partition coefficient (Wildman–Crippen LogP) is -0.530. The summed E-state index contributed by atoms with van der Waals surface area (Å²) in [6, 6.07) is 1.65. The number of ether oxygens (including phenoxy) is 1. The first-order valence-electron chi connectivity index (χ1n) is 4.72. The molecule has 0 N–H and O–H groups in total. The molecule has 62 valence electrons. The highest BCUT2D eigenvalue weighted by Crippen LogP contribution is 2.94. The molecule has 3 heteroatoms. The summed E-state index contributed by atoms with van der Waals surface area (Å²) in [5.74, 6) is 3.48. The molecule has 3 heterocycles. The highest BCUT2D eigenvalue weighted by Gasteiger charge is 3.06. The van der Waals surface area contributed by atoms with Gasteiger partial charge in [-0.1, -0.05) is 0 Å². The lowest BCUT2D eigenvalue weighted by Gasteiger charge is -3.06. The summed E-state index contributed by atoms with van der Waals surface area (Å²) < 4.78 is 4.88. The molecule has 0 aromatic carbocycles. The minimum absolute atomic E-state index is 0.0521. The minimum Gasteiger partial charge on any atom is -0.468 e. The van der Waals surface area contributed by atoms with E-state index in [2.05, 4.69) is 4.90 Å². The standard InChI is InChI=1S/C9H9NO2/c1-12-8(11)9-4-2-3-6(4)10(9)7(3)5(2)9/h2-7H,1H3. The molecule has 6 aliphatic rings. The molecule has 6 fully saturated rings. The average Bonchev–Trinajstić information content (AvgIpc) is 2.17. The first-order chi connectivity index (χ1) is 5.85. The number of carbonyl (C=O) groups is 1. The number of hydrogen-bond acceptors (Lipinski definition) is 3. The third kappa shape index (κ3) is 0.178. The summed E-state index contributed by atoms with van der Waals surface area (Å²) in [5, 5.41) is 0. The van der Waals surface area contributed by atoms with Crippen LogP contribution in [0.15, 0.2) is 0 Å². The quantitative estimate of drug-likeness (QED) is 0.487. The van der Waals surface area contributed by atoms with Crippen molar-refractivity contribution in [1.29, 1.82) is 0 Å². The summed E-state index contributed by atoms with van der Waals surface area (Å²) in [7, 11) is 1.52. The predicted molar refractivity (Wildman–Crippen MR) is 38.1 cm³/mol. The fourth-order valence-corrected chi connectivity index (χ4v) is 5.24. The zero-order valence-corrected chi connectivity index (χ0v) is 6.73. The van der Waals surface area contributed by atoms with Crippen LogP contribution in [-0.4, -0.2) is 35.6 Å². The van der Waals surface area contributed by atoms with E-state index in [-0.39, 0.29) is 11.5 Å². The van der Waals surface area contributed by atoms with Gasteiger partial charge in [0.1, 0.15) is 5.54 Å². The van der Waals surface area contributed by atoms with Crippen LogP contribution in [-0.2, 0) is 9.53 Å². The number of methoxy groups -OCH3 is 1. The lowest BCUT2D eigenvalue weighted by atomic mass is 9.11. The van der Waals surface area contributed by atoms with Crippen molar-refractivity contribution in [3.05, 3.63) is 0 Å². The maximum Gasteiger partial charge on any atom is 0.327 e. The number of carbonyl (C=O) groups excluding carboxylic acids is 1. The Hall–Kier alpha value is -0.570. The maximum absolute atomic E-state index is 11.5. The van der Waals surface area contributed by atoms with Gasteiger partial charge in [0.25, 0.3) is 0 Å². The molecule has 0 spiro atoms. The highest BCUT2D eigenvalue weighted by molar-refractivity contribution is 5.91. The Bertz CT molecular complexity index is 300. The Kier molecular flexibility index (Phi) is 0.436. The Labute approximate surface area is 69.7 Å². The van der Waals surface area contributed by atoms with Gasteiger partial charge in [0.2, 0.25) is 0 Å². The molecule has 3 aliphatic heterocycles. The Balaban J connectivity index is 1.67. The van der Waals surface area contributed by atoms with Crippen LogP contribution in [0.1, 0.15) is 0 Å². The summed E-state index contributed by atoms with van der Waals surface area (Å²) in [6.07, 6.45) is 0. The molecule has 0 bridgehead atoms. The minimum atomic E-state index is -0.0521. The van der Waals surface area contributed by atoms with Crippen molar-refractivity contribution >= 4 is 5.97 Å². The van der Waals surface area contributed by atoms with Crippen molar-refractivity contribution in [3.63, 3.8) is 0 Å². The van der Waals surface area contributed by atoms with E-state index >= 15 is 0 Å². The fourth-order valence-electron chi connectivity index (χ4n) is 5.24. The van der Waals surface area contributed by atoms with Gasteiger partial charge >= 0.3 is 5.97 Å². The largest absolute Gasteiger partial charge is 0.468 e. The summed E-state index contributed by atoms with van der Waals surface area (Å²) in [5.41, 5.74) is -0.0521. The zero-order valence-electron chi connectivity index (χ0n) is 6.73. The van der Waals surface area contributed by atoms with Crippen molar-refractivity contribution in [2.24, 2.45) is 23.7 Å². The molecular weight excluding hydrogens is 154 g/mol. The SMILES string of the molecule is COC(=O)C12C3C4C5C3N1C5C42. The van der Waals surface area contributed by atoms with Gasteiger partial charge in [0.05, 0.1) is 7.11 Å². The first kappa shape index (κ1) is 5.22. The molecule has 6 rings (SSSR count). The Morgan fingerprint density at radius 1 is 1.33 bits per heavy atom. The molecule has 4 atom stereocenters. The lowest BCUT2D eigenvalue weighted by molar-refractivity contribution is -0.578. The molecule has 3 nitrogen and oxygen atoms in total. The van der Waals surface area contributed by atoms with Crippen LogP contribution in [0.2, 0.25) is 0 Å². The van der Waals surface area contributed by atoms with Crippen LogP contribution in [0.4, 0.5) is 0 Å². The molecule has 12 heavy (non-hydrogen) atoms. The molecule has 0 amide bonds. The van der Waals surface area contributed by atoms with E-state index in [1.165, 1.54) is 7.11 Å². The van der Waals surface area contributed by atoms with Crippen LogP contribution in [0.3, 0.4) is 0 Å². The van der Waals surface area contributed by atoms with Gasteiger partial charge < -0.3 is 4.74 Å². The second-order valence-corrected chi connectivity index (χ2v) is 4.91. The monoisotopic (exact) mass is 163 g/mol. The van der Waals surface area contributed by atoms with E-state index < -0.39 is 0 Å². The average molecular weight is 163 g/mol. The van der Waals surface area contributed by atoms with Crippen molar-refractivity contribution in [2.75, 3.05) is 7.11 Å². The third-order valence-corrected chi connectivity index (χ3v) is 5.40. The molecule has 3 aliphatic carbocycles. The van der Waals surface area contributed by atoms with Crippen molar-refractivity contribution in [3.8, 4) is 0 Å². The first-order valence-corrected chi connectivity index (χ1v) is 4.72. The van der Waals surface area contributed by atoms with Gasteiger partial charge in [-0.05, 0) is 11.8 Å². The van der Waals surface area contributed by atoms with E-state index in [4.69, 9.17) is 4.74 Å². The second kappa shape index (κ2) is 1.00. The normalized spacial score (nSPS) is 77.1. The molecule has 3 saturated carbocycles. The number of hydrogen-bond donors (Lipinski definition) is 0. The van der Waals surface area contributed by atoms with E-state index in [1.54, 1.807) is 0 Å². The number of rotatable bonds is 1. The highest BCUT2D eigenvalue weighted by atomic mass is 16.5. The molecular formula is C9H9NO2. The van der Waals surface area contributed by atoms with Crippen LogP contribution < -0.4 is 0 Å². The number of esters is 1. The van der Waals surface area contributed by atoms with Crippen molar-refractivity contribution < 1.29 is 9.53 Å². The molecule has 0 aromatic heterocycles. The van der Waals surface area contributed by atoms with Gasteiger partial charge in [-0.2, -0.15) is 0 Å². The van der Waals surface area contributed by atoms with Crippen LogP contribution in [0.25, 0.3) is 0 Å². The zero-order chi connectivity index (χ0) is 7.83. The topological polar surface area (TPSA) is 29.5 Å². The lowest BCUT2D eigenvalue weighted by Crippen LogP contribution is -3.19. The van der Waals surface area contributed by atoms with E-state index in [0.29, 0.717) is 0 Å². The van der Waals surface area contributed by atoms with Gasteiger partial charge in [-0.15, -0.1) is 0 Å². The summed E-state index contributed by atoms with van der Waals surface area (Å²) in [6.45, 7) is 0. The smallest absolute Gasteiger partial charge is 0.327 e. The van der Waals surface area contributed by atoms with Crippen molar-refractivity contribution in [1.82, 2.24) is 4.90 Å². The molecule has 4 unspecified atom stereocenters. The van der Waals surface area contributed by atoms with Crippen LogP contribution in [0, 0.1) is 23.7 Å². The molecule has 0 radical (unpaired) electrons. The van der Waals surface area contributed by atoms with E-state index in [1.807, 2.05) is 0 Å². The fraction of sp³-hybridized carbons (Fsp3) is 0.889. The number of piperidine rings is 12. The van der Waals surface area contributed by atoms with Gasteiger partial charge in [-0.3, -0.25) is 9.69 Å². The summed E-state index contributed by atoms with van der Waals surface area (Å²) in [4.78, 5) is 13.9. The van der Waals surface area contributed by atoms with E-state index in [9.17, 15) is 4.79 Å². The van der Waals surface area contributed by atoms with E-state index in [0.717, 1.165) is 35.8 Å². The Morgan fingerprint density at radius 2 is 2.00 bits per heavy atom. The van der Waals surface area contributed by atoms with Gasteiger partial charge in [-0.25, -0.2) is 0 Å². The Morgan fingerprint density at radius 3 is 2.42 bits per heavy atom. The van der Waals surface area contributed by atoms with Gasteiger partial charge in [0.15, 0.2) is 0 Å². The third-order valence-electron chi connectivity index (χ3n) is 5.40. The second-order valence-electron chi connectivity index (χ2n) is 4.91. The number of nitrogens with zero attached hydrogens (tertiary/aromatic N) is 1. The van der Waals surface area contributed by atoms with Crippen LogP contribution >= 0.6 is 0 Å². The van der Waals surface area contributed by atoms with Crippen molar-refractivity contribution in [2.45, 2.75) is 17.6 Å².